The summed E-state index contributed by atoms with van der Waals surface area (Å²) in [6, 6.07) is 13.5. The molecule has 0 amide bonds. The van der Waals surface area contributed by atoms with Gasteiger partial charge < -0.3 is 14.6 Å². The molecule has 1 aliphatic heterocycles. The van der Waals surface area contributed by atoms with Crippen LogP contribution in [0.1, 0.15) is 30.0 Å². The molecule has 5 nitrogen and oxygen atoms in total. The number of benzene rings is 2. The van der Waals surface area contributed by atoms with Crippen LogP contribution in [0.15, 0.2) is 42.5 Å². The molecule has 1 fully saturated rings. The van der Waals surface area contributed by atoms with Crippen LogP contribution in [-0.4, -0.2) is 43.3 Å². The van der Waals surface area contributed by atoms with Crippen LogP contribution in [-0.2, 0) is 4.79 Å². The van der Waals surface area contributed by atoms with Crippen LogP contribution in [0.25, 0.3) is 0 Å². The van der Waals surface area contributed by atoms with Crippen molar-refractivity contribution in [2.45, 2.75) is 18.9 Å². The van der Waals surface area contributed by atoms with E-state index in [1.165, 1.54) is 0 Å². The molecule has 6 heteroatoms. The largest absolute Gasteiger partial charge is 0.497 e. The van der Waals surface area contributed by atoms with Crippen LogP contribution in [0.3, 0.4) is 0 Å². The fourth-order valence-electron chi connectivity index (χ4n) is 3.70. The van der Waals surface area contributed by atoms with Gasteiger partial charge in [0.1, 0.15) is 11.5 Å². The van der Waals surface area contributed by atoms with E-state index in [4.69, 9.17) is 21.1 Å². The molecule has 0 bridgehead atoms. The molecule has 1 saturated heterocycles. The van der Waals surface area contributed by atoms with Crippen molar-refractivity contribution >= 4 is 17.6 Å². The highest BCUT2D eigenvalue weighted by atomic mass is 35.5. The number of carboxylic acids is 1. The first-order chi connectivity index (χ1) is 13.0. The number of hydrogen-bond donors (Lipinski definition) is 1. The molecule has 144 valence electrons. The number of piperidine rings is 1. The lowest BCUT2D eigenvalue weighted by atomic mass is 9.91. The van der Waals surface area contributed by atoms with Crippen LogP contribution in [0.4, 0.5) is 0 Å². The maximum atomic E-state index is 11.3. The fraction of sp³-hybridized carbons (Fsp3) is 0.381. The number of aliphatic carboxylic acids is 1. The minimum atomic E-state index is -0.712. The van der Waals surface area contributed by atoms with E-state index >= 15 is 0 Å². The lowest BCUT2D eigenvalue weighted by molar-refractivity contribution is -0.143. The predicted molar refractivity (Wildman–Crippen MR) is 105 cm³/mol. The fourth-order valence-corrected chi connectivity index (χ4v) is 3.88. The molecule has 1 heterocycles. The summed E-state index contributed by atoms with van der Waals surface area (Å²) in [5, 5.41) is 9.95. The lowest BCUT2D eigenvalue weighted by Crippen LogP contribution is -2.39. The second-order valence-corrected chi connectivity index (χ2v) is 7.15. The molecule has 1 atom stereocenters. The highest BCUT2D eigenvalue weighted by Crippen LogP contribution is 2.38. The predicted octanol–water partition coefficient (Wildman–Crippen LogP) is 4.24. The van der Waals surface area contributed by atoms with Gasteiger partial charge in [-0.25, -0.2) is 0 Å². The Bertz CT molecular complexity index is 785. The third kappa shape index (κ3) is 4.37. The maximum Gasteiger partial charge on any atom is 0.306 e. The Morgan fingerprint density at radius 1 is 1.11 bits per heavy atom. The zero-order chi connectivity index (χ0) is 19.4. The second kappa shape index (κ2) is 8.63. The zero-order valence-electron chi connectivity index (χ0n) is 15.5. The molecule has 2 aromatic carbocycles. The van der Waals surface area contributed by atoms with E-state index in [9.17, 15) is 9.90 Å². The Morgan fingerprint density at radius 2 is 1.78 bits per heavy atom. The van der Waals surface area contributed by atoms with Gasteiger partial charge in [-0.15, -0.1) is 0 Å². The van der Waals surface area contributed by atoms with Crippen molar-refractivity contribution in [3.05, 3.63) is 58.6 Å². The number of rotatable bonds is 6. The Kier molecular flexibility index (Phi) is 6.24. The summed E-state index contributed by atoms with van der Waals surface area (Å²) in [6.07, 6.45) is 1.26. The minimum absolute atomic E-state index is 0.0701. The first-order valence-electron chi connectivity index (χ1n) is 8.97. The van der Waals surface area contributed by atoms with Crippen LogP contribution in [0.2, 0.25) is 5.02 Å². The number of carboxylic acid groups (broad SMARTS) is 1. The van der Waals surface area contributed by atoms with E-state index in [1.807, 2.05) is 42.5 Å². The van der Waals surface area contributed by atoms with E-state index in [2.05, 4.69) is 4.90 Å². The quantitative estimate of drug-likeness (QED) is 0.800. The van der Waals surface area contributed by atoms with Crippen molar-refractivity contribution in [3.63, 3.8) is 0 Å². The van der Waals surface area contributed by atoms with E-state index in [0.29, 0.717) is 31.0 Å². The molecule has 1 unspecified atom stereocenters. The summed E-state index contributed by atoms with van der Waals surface area (Å²) >= 11 is 6.28. The Hall–Kier alpha value is -2.24. The van der Waals surface area contributed by atoms with Crippen molar-refractivity contribution < 1.29 is 19.4 Å². The van der Waals surface area contributed by atoms with Crippen molar-refractivity contribution in [2.24, 2.45) is 5.92 Å². The summed E-state index contributed by atoms with van der Waals surface area (Å²) in [5.74, 6) is 0.565. The standard InChI is InChI=1S/C21H24ClNO4/c1-26-17-6-3-14(4-7-17)20(18-13-16(22)5-8-19(18)27-2)23-11-9-15(10-12-23)21(24)25/h3-8,13,15,20H,9-12H2,1-2H3,(H,24,25). The Morgan fingerprint density at radius 3 is 2.33 bits per heavy atom. The molecule has 2 aromatic rings. The smallest absolute Gasteiger partial charge is 0.306 e. The highest BCUT2D eigenvalue weighted by molar-refractivity contribution is 6.30. The van der Waals surface area contributed by atoms with Crippen molar-refractivity contribution in [1.82, 2.24) is 4.90 Å². The average Bonchev–Trinajstić information content (AvgIpc) is 2.69. The minimum Gasteiger partial charge on any atom is -0.497 e. The summed E-state index contributed by atoms with van der Waals surface area (Å²) in [6.45, 7) is 1.40. The van der Waals surface area contributed by atoms with Gasteiger partial charge in [-0.3, -0.25) is 9.69 Å². The first-order valence-corrected chi connectivity index (χ1v) is 9.35. The topological polar surface area (TPSA) is 59.0 Å². The van der Waals surface area contributed by atoms with E-state index in [0.717, 1.165) is 22.6 Å². The molecule has 0 radical (unpaired) electrons. The van der Waals surface area contributed by atoms with Gasteiger partial charge in [-0.05, 0) is 61.8 Å². The number of hydrogen-bond acceptors (Lipinski definition) is 4. The van der Waals surface area contributed by atoms with Gasteiger partial charge >= 0.3 is 5.97 Å². The second-order valence-electron chi connectivity index (χ2n) is 6.71. The number of likely N-dealkylation sites (tertiary alicyclic amines) is 1. The summed E-state index contributed by atoms with van der Waals surface area (Å²) in [7, 11) is 3.29. The molecule has 3 rings (SSSR count). The van der Waals surface area contributed by atoms with Gasteiger partial charge in [0.05, 0.1) is 26.2 Å². The molecule has 0 spiro atoms. The van der Waals surface area contributed by atoms with Crippen molar-refractivity contribution in [2.75, 3.05) is 27.3 Å². The molecular formula is C21H24ClNO4. The lowest BCUT2D eigenvalue weighted by Gasteiger charge is -2.37. The van der Waals surface area contributed by atoms with E-state index in [-0.39, 0.29) is 12.0 Å². The van der Waals surface area contributed by atoms with Gasteiger partial charge in [-0.2, -0.15) is 0 Å². The Labute approximate surface area is 164 Å². The molecule has 0 saturated carbocycles. The number of nitrogens with zero attached hydrogens (tertiary/aromatic N) is 1. The third-order valence-corrected chi connectivity index (χ3v) is 5.40. The molecule has 27 heavy (non-hydrogen) atoms. The molecule has 0 aliphatic carbocycles. The van der Waals surface area contributed by atoms with Crippen LogP contribution >= 0.6 is 11.6 Å². The van der Waals surface area contributed by atoms with Gasteiger partial charge in [0.15, 0.2) is 0 Å². The normalized spacial score (nSPS) is 16.7. The Balaban J connectivity index is 1.99. The monoisotopic (exact) mass is 389 g/mol. The zero-order valence-corrected chi connectivity index (χ0v) is 16.3. The number of ether oxygens (including phenoxy) is 2. The van der Waals surface area contributed by atoms with Gasteiger partial charge in [-0.1, -0.05) is 23.7 Å². The SMILES string of the molecule is COc1ccc(C(c2cc(Cl)ccc2OC)N2CCC(C(=O)O)CC2)cc1. The third-order valence-electron chi connectivity index (χ3n) is 5.16. The average molecular weight is 390 g/mol. The highest BCUT2D eigenvalue weighted by Gasteiger charge is 2.31. The summed E-state index contributed by atoms with van der Waals surface area (Å²) in [5.41, 5.74) is 2.06. The van der Waals surface area contributed by atoms with Crippen LogP contribution < -0.4 is 9.47 Å². The summed E-state index contributed by atoms with van der Waals surface area (Å²) < 4.78 is 10.9. The van der Waals surface area contributed by atoms with Crippen LogP contribution in [0, 0.1) is 5.92 Å². The van der Waals surface area contributed by atoms with Crippen molar-refractivity contribution in [1.29, 1.82) is 0 Å². The number of methoxy groups -OCH3 is 2. The molecule has 1 aliphatic rings. The first kappa shape index (κ1) is 19.5. The van der Waals surface area contributed by atoms with Crippen molar-refractivity contribution in [3.8, 4) is 11.5 Å². The van der Waals surface area contributed by atoms with Gasteiger partial charge in [0.2, 0.25) is 0 Å². The molecular weight excluding hydrogens is 366 g/mol. The van der Waals surface area contributed by atoms with Gasteiger partial charge in [0.25, 0.3) is 0 Å². The molecule has 1 N–H and O–H groups in total. The van der Waals surface area contributed by atoms with Gasteiger partial charge in [0, 0.05) is 10.6 Å². The van der Waals surface area contributed by atoms with E-state index in [1.54, 1.807) is 14.2 Å². The number of halogens is 1. The summed E-state index contributed by atoms with van der Waals surface area (Å²) in [4.78, 5) is 13.6. The number of carbonyl (C=O) groups is 1. The molecule has 0 aromatic heterocycles. The van der Waals surface area contributed by atoms with Crippen LogP contribution in [0.5, 0.6) is 11.5 Å². The maximum absolute atomic E-state index is 11.3. The van der Waals surface area contributed by atoms with E-state index < -0.39 is 5.97 Å².